The van der Waals surface area contributed by atoms with Crippen molar-refractivity contribution < 1.29 is 23.9 Å². The van der Waals surface area contributed by atoms with Crippen LogP contribution in [0.15, 0.2) is 48.7 Å². The minimum atomic E-state index is -0.836. The highest BCUT2D eigenvalue weighted by Gasteiger charge is 2.26. The lowest BCUT2D eigenvalue weighted by atomic mass is 10.0. The van der Waals surface area contributed by atoms with Gasteiger partial charge in [-0.25, -0.2) is 0 Å². The molecular weight excluding hydrogens is 560 g/mol. The van der Waals surface area contributed by atoms with E-state index in [1.807, 2.05) is 55.6 Å². The van der Waals surface area contributed by atoms with Crippen molar-refractivity contribution in [2.45, 2.75) is 51.6 Å². The van der Waals surface area contributed by atoms with E-state index >= 15 is 0 Å². The molecular formula is C33H42N6O5. The number of morpholine rings is 1. The predicted molar refractivity (Wildman–Crippen MR) is 169 cm³/mol. The van der Waals surface area contributed by atoms with Gasteiger partial charge in [0.25, 0.3) is 5.91 Å². The molecule has 0 unspecified atom stereocenters. The molecule has 2 atom stereocenters. The number of anilines is 1. The van der Waals surface area contributed by atoms with Crippen LogP contribution in [0.5, 0.6) is 0 Å². The number of amides is 4. The molecule has 11 nitrogen and oxygen atoms in total. The predicted octanol–water partition coefficient (Wildman–Crippen LogP) is 2.29. The van der Waals surface area contributed by atoms with E-state index in [1.54, 1.807) is 11.8 Å². The fourth-order valence-corrected chi connectivity index (χ4v) is 5.89. The van der Waals surface area contributed by atoms with Gasteiger partial charge in [0.05, 0.1) is 13.2 Å². The first-order chi connectivity index (χ1) is 21.3. The van der Waals surface area contributed by atoms with E-state index in [2.05, 4.69) is 25.8 Å². The standard InChI is InChI=1S/C33H42N6O5/c1-22-19-24(10-11-29(22)38-15-17-44-18-16-38)33(43)39-13-5-9-30(40)36-23(2)31(41)37-28(32(42)34-12-6-14-39)20-25-21-35-27-8-4-3-7-26(25)27/h3-4,7-8,10-11,19,21,23,28,35H,5-6,9,12-18,20H2,1-2H3,(H,34,42)(H,36,40)(H,37,41)/t23-,28+/m0/s1. The maximum Gasteiger partial charge on any atom is 0.253 e. The number of carbonyl (C=O) groups is 4. The molecule has 0 aliphatic carbocycles. The Morgan fingerprint density at radius 1 is 0.955 bits per heavy atom. The Bertz CT molecular complexity index is 1500. The molecule has 2 aromatic carbocycles. The van der Waals surface area contributed by atoms with Gasteiger partial charge in [-0.15, -0.1) is 0 Å². The van der Waals surface area contributed by atoms with Gasteiger partial charge in [0.1, 0.15) is 12.1 Å². The lowest BCUT2D eigenvalue weighted by molar-refractivity contribution is -0.131. The van der Waals surface area contributed by atoms with Crippen molar-refractivity contribution in [1.82, 2.24) is 25.8 Å². The molecule has 5 rings (SSSR count). The third kappa shape index (κ3) is 7.57. The second-order valence-electron chi connectivity index (χ2n) is 11.6. The Kier molecular flexibility index (Phi) is 10.2. The van der Waals surface area contributed by atoms with Crippen molar-refractivity contribution in [3.05, 3.63) is 65.4 Å². The van der Waals surface area contributed by atoms with Gasteiger partial charge in [-0.3, -0.25) is 19.2 Å². The van der Waals surface area contributed by atoms with Crippen LogP contribution in [0.4, 0.5) is 5.69 Å². The van der Waals surface area contributed by atoms with E-state index in [9.17, 15) is 19.2 Å². The highest BCUT2D eigenvalue weighted by atomic mass is 16.5. The summed E-state index contributed by atoms with van der Waals surface area (Å²) in [5.41, 5.74) is 4.56. The normalized spacial score (nSPS) is 21.2. The largest absolute Gasteiger partial charge is 0.378 e. The maximum atomic E-state index is 13.7. The molecule has 3 aromatic rings. The zero-order valence-corrected chi connectivity index (χ0v) is 25.5. The van der Waals surface area contributed by atoms with Crippen LogP contribution in [0.3, 0.4) is 0 Å². The second-order valence-corrected chi connectivity index (χ2v) is 11.6. The van der Waals surface area contributed by atoms with Crippen LogP contribution < -0.4 is 20.9 Å². The van der Waals surface area contributed by atoms with Crippen LogP contribution in [-0.2, 0) is 25.5 Å². The number of para-hydroxylation sites is 1. The molecule has 11 heteroatoms. The first-order valence-corrected chi connectivity index (χ1v) is 15.4. The number of benzene rings is 2. The van der Waals surface area contributed by atoms with E-state index < -0.39 is 18.0 Å². The molecule has 3 heterocycles. The molecule has 2 fully saturated rings. The average molecular weight is 603 g/mol. The van der Waals surface area contributed by atoms with Crippen molar-refractivity contribution in [2.75, 3.05) is 50.8 Å². The molecule has 234 valence electrons. The molecule has 2 aliphatic heterocycles. The summed E-state index contributed by atoms with van der Waals surface area (Å²) < 4.78 is 5.47. The molecule has 2 saturated heterocycles. The number of carbonyl (C=O) groups excluding carboxylic acids is 4. The van der Waals surface area contributed by atoms with Crippen LogP contribution >= 0.6 is 0 Å². The fraction of sp³-hybridized carbons (Fsp3) is 0.455. The summed E-state index contributed by atoms with van der Waals surface area (Å²) in [5.74, 6) is -1.14. The van der Waals surface area contributed by atoms with Gasteiger partial charge in [-0.2, -0.15) is 0 Å². The van der Waals surface area contributed by atoms with Gasteiger partial charge in [-0.05, 0) is 62.1 Å². The Hall–Kier alpha value is -4.38. The average Bonchev–Trinajstić information content (AvgIpc) is 3.43. The fourth-order valence-electron chi connectivity index (χ4n) is 5.89. The molecule has 4 amide bonds. The van der Waals surface area contributed by atoms with Crippen molar-refractivity contribution in [1.29, 1.82) is 0 Å². The Morgan fingerprint density at radius 3 is 2.52 bits per heavy atom. The van der Waals surface area contributed by atoms with Crippen LogP contribution in [-0.4, -0.2) is 91.5 Å². The lowest BCUT2D eigenvalue weighted by Gasteiger charge is -2.30. The van der Waals surface area contributed by atoms with Gasteiger partial charge in [-0.1, -0.05) is 18.2 Å². The molecule has 0 saturated carbocycles. The summed E-state index contributed by atoms with van der Waals surface area (Å²) in [7, 11) is 0. The summed E-state index contributed by atoms with van der Waals surface area (Å²) in [5, 5.41) is 9.51. The van der Waals surface area contributed by atoms with Gasteiger partial charge in [0, 0.05) is 73.9 Å². The quantitative estimate of drug-likeness (QED) is 0.362. The number of fused-ring (bicyclic) bond motifs is 1. The number of aromatic nitrogens is 1. The minimum absolute atomic E-state index is 0.111. The molecule has 2 aliphatic rings. The summed E-state index contributed by atoms with van der Waals surface area (Å²) in [6, 6.07) is 11.9. The smallest absolute Gasteiger partial charge is 0.253 e. The van der Waals surface area contributed by atoms with E-state index in [1.165, 1.54) is 0 Å². The summed E-state index contributed by atoms with van der Waals surface area (Å²) in [6.07, 6.45) is 3.29. The number of aryl methyl sites for hydroxylation is 1. The molecule has 4 N–H and O–H groups in total. The first-order valence-electron chi connectivity index (χ1n) is 15.4. The molecule has 1 aromatic heterocycles. The summed E-state index contributed by atoms with van der Waals surface area (Å²) in [4.78, 5) is 60.0. The number of rotatable bonds is 4. The van der Waals surface area contributed by atoms with Gasteiger partial charge < -0.3 is 35.5 Å². The van der Waals surface area contributed by atoms with Crippen molar-refractivity contribution in [3.8, 4) is 0 Å². The van der Waals surface area contributed by atoms with Crippen LogP contribution in [0, 0.1) is 6.92 Å². The SMILES string of the molecule is Cc1cc(C(=O)N2CCCNC(=O)[C@@H](Cc3c[nH]c4ccccc34)NC(=O)[C@H](C)NC(=O)CCC2)ccc1N1CCOCC1. The highest BCUT2D eigenvalue weighted by molar-refractivity contribution is 5.95. The number of H-pyrrole nitrogens is 1. The number of nitrogens with one attached hydrogen (secondary N) is 4. The third-order valence-electron chi connectivity index (χ3n) is 8.32. The van der Waals surface area contributed by atoms with Gasteiger partial charge in [0.2, 0.25) is 17.7 Å². The van der Waals surface area contributed by atoms with Gasteiger partial charge in [0.15, 0.2) is 0 Å². The van der Waals surface area contributed by atoms with Crippen LogP contribution in [0.25, 0.3) is 10.9 Å². The summed E-state index contributed by atoms with van der Waals surface area (Å²) >= 11 is 0. The number of nitrogens with zero attached hydrogens (tertiary/aromatic N) is 2. The minimum Gasteiger partial charge on any atom is -0.378 e. The summed E-state index contributed by atoms with van der Waals surface area (Å²) in [6.45, 7) is 7.75. The maximum absolute atomic E-state index is 13.7. The van der Waals surface area contributed by atoms with Crippen molar-refractivity contribution >= 4 is 40.2 Å². The number of ether oxygens (including phenoxy) is 1. The van der Waals surface area contributed by atoms with Crippen molar-refractivity contribution in [3.63, 3.8) is 0 Å². The monoisotopic (exact) mass is 602 g/mol. The van der Waals surface area contributed by atoms with Crippen LogP contribution in [0.1, 0.15) is 47.7 Å². The Morgan fingerprint density at radius 2 is 1.73 bits per heavy atom. The molecule has 0 radical (unpaired) electrons. The lowest BCUT2D eigenvalue weighted by Crippen LogP contribution is -2.53. The highest BCUT2D eigenvalue weighted by Crippen LogP contribution is 2.23. The third-order valence-corrected chi connectivity index (χ3v) is 8.32. The Balaban J connectivity index is 1.29. The zero-order valence-electron chi connectivity index (χ0n) is 25.5. The Labute approximate surface area is 257 Å². The molecule has 0 bridgehead atoms. The number of hydrogen-bond acceptors (Lipinski definition) is 6. The second kappa shape index (κ2) is 14.4. The zero-order chi connectivity index (χ0) is 31.1. The van der Waals surface area contributed by atoms with Gasteiger partial charge >= 0.3 is 0 Å². The van der Waals surface area contributed by atoms with Crippen molar-refractivity contribution in [2.24, 2.45) is 0 Å². The number of aromatic amines is 1. The number of hydrogen-bond donors (Lipinski definition) is 4. The molecule has 44 heavy (non-hydrogen) atoms. The van der Waals surface area contributed by atoms with E-state index in [0.29, 0.717) is 51.3 Å². The van der Waals surface area contributed by atoms with Crippen LogP contribution in [0.2, 0.25) is 0 Å². The van der Waals surface area contributed by atoms with E-state index in [0.717, 1.165) is 40.8 Å². The first kappa shape index (κ1) is 31.1. The van der Waals surface area contributed by atoms with E-state index in [4.69, 9.17) is 4.74 Å². The van der Waals surface area contributed by atoms with E-state index in [-0.39, 0.29) is 30.6 Å². The molecule has 0 spiro atoms. The topological polar surface area (TPSA) is 136 Å².